The number of ether oxygens (including phenoxy) is 2. The van der Waals surface area contributed by atoms with Gasteiger partial charge in [0.05, 0.1) is 35.6 Å². The van der Waals surface area contributed by atoms with E-state index in [9.17, 15) is 9.59 Å². The summed E-state index contributed by atoms with van der Waals surface area (Å²) in [5.41, 5.74) is 4.30. The summed E-state index contributed by atoms with van der Waals surface area (Å²) in [7, 11) is 0. The van der Waals surface area contributed by atoms with E-state index in [1.165, 1.54) is 11.3 Å². The third-order valence-electron chi connectivity index (χ3n) is 6.78. The van der Waals surface area contributed by atoms with E-state index in [0.717, 1.165) is 58.3 Å². The molecule has 38 heavy (non-hydrogen) atoms. The van der Waals surface area contributed by atoms with Crippen molar-refractivity contribution in [2.75, 3.05) is 18.5 Å². The van der Waals surface area contributed by atoms with Gasteiger partial charge in [0.25, 0.3) is 5.91 Å². The van der Waals surface area contributed by atoms with Crippen LogP contribution in [0.4, 0.5) is 5.00 Å². The van der Waals surface area contributed by atoms with E-state index >= 15 is 0 Å². The molecule has 0 spiro atoms. The first-order valence-electron chi connectivity index (χ1n) is 13.2. The fraction of sp³-hybridized carbons (Fsp3) is 0.323. The molecule has 0 unspecified atom stereocenters. The molecule has 0 aliphatic heterocycles. The van der Waals surface area contributed by atoms with Crippen LogP contribution < -0.4 is 10.1 Å². The number of fused-ring (bicyclic) bond motifs is 2. The molecule has 4 aromatic rings. The van der Waals surface area contributed by atoms with Crippen molar-refractivity contribution in [1.82, 2.24) is 4.98 Å². The molecular weight excluding hydrogens is 496 g/mol. The zero-order valence-corrected chi connectivity index (χ0v) is 22.8. The normalized spacial score (nSPS) is 14.7. The summed E-state index contributed by atoms with van der Waals surface area (Å²) in [5.74, 6) is 0.658. The van der Waals surface area contributed by atoms with Crippen LogP contribution in [0, 0.1) is 5.92 Å². The van der Waals surface area contributed by atoms with E-state index in [2.05, 4.69) is 19.2 Å². The number of nitrogens with zero attached hydrogens (tertiary/aromatic N) is 1. The second kappa shape index (κ2) is 11.4. The van der Waals surface area contributed by atoms with E-state index in [-0.39, 0.29) is 18.5 Å². The van der Waals surface area contributed by atoms with Crippen LogP contribution in [0.3, 0.4) is 0 Å². The van der Waals surface area contributed by atoms with Crippen LogP contribution in [-0.4, -0.2) is 30.1 Å². The highest BCUT2D eigenvalue weighted by atomic mass is 32.1. The van der Waals surface area contributed by atoms with Gasteiger partial charge in [-0.25, -0.2) is 9.78 Å². The minimum Gasteiger partial charge on any atom is -0.494 e. The van der Waals surface area contributed by atoms with Gasteiger partial charge < -0.3 is 14.8 Å². The van der Waals surface area contributed by atoms with Gasteiger partial charge in [-0.3, -0.25) is 4.79 Å². The molecule has 0 bridgehead atoms. The van der Waals surface area contributed by atoms with Crippen molar-refractivity contribution in [3.8, 4) is 17.0 Å². The highest BCUT2D eigenvalue weighted by molar-refractivity contribution is 7.17. The number of esters is 1. The number of carbonyl (C=O) groups is 2. The SMILES string of the molecule is CCCOc1cccc(-c2cc(C(=O)Nc3sc4c(c3C(=O)OCC)CC[C@H](C)C4)c3ccccc3n2)c1. The maximum Gasteiger partial charge on any atom is 0.341 e. The van der Waals surface area contributed by atoms with Crippen molar-refractivity contribution in [3.05, 3.63) is 76.2 Å². The number of hydrogen-bond acceptors (Lipinski definition) is 6. The summed E-state index contributed by atoms with van der Waals surface area (Å²) in [5, 5.41) is 4.38. The Hall–Kier alpha value is -3.71. The number of aromatic nitrogens is 1. The summed E-state index contributed by atoms with van der Waals surface area (Å²) in [6, 6.07) is 17.2. The molecule has 2 heterocycles. The number of nitrogens with one attached hydrogen (secondary N) is 1. The van der Waals surface area contributed by atoms with Crippen molar-refractivity contribution < 1.29 is 19.1 Å². The topological polar surface area (TPSA) is 77.5 Å². The van der Waals surface area contributed by atoms with Crippen LogP contribution in [0.25, 0.3) is 22.2 Å². The number of anilines is 1. The Kier molecular flexibility index (Phi) is 7.74. The highest BCUT2D eigenvalue weighted by Gasteiger charge is 2.29. The Balaban J connectivity index is 1.55. The molecule has 0 saturated heterocycles. The van der Waals surface area contributed by atoms with Crippen molar-refractivity contribution in [1.29, 1.82) is 0 Å². The van der Waals surface area contributed by atoms with Crippen molar-refractivity contribution in [3.63, 3.8) is 0 Å². The minimum atomic E-state index is -0.376. The van der Waals surface area contributed by atoms with E-state index in [0.29, 0.717) is 34.3 Å². The molecule has 2 aromatic carbocycles. The number of rotatable bonds is 8. The molecule has 1 N–H and O–H groups in total. The van der Waals surface area contributed by atoms with Crippen molar-refractivity contribution in [2.45, 2.75) is 46.5 Å². The second-order valence-electron chi connectivity index (χ2n) is 9.68. The van der Waals surface area contributed by atoms with E-state index in [1.807, 2.05) is 54.6 Å². The number of hydrogen-bond donors (Lipinski definition) is 1. The van der Waals surface area contributed by atoms with Crippen LogP contribution in [0.1, 0.15) is 64.8 Å². The summed E-state index contributed by atoms with van der Waals surface area (Å²) in [6.07, 6.45) is 3.65. The summed E-state index contributed by atoms with van der Waals surface area (Å²) in [6.45, 7) is 7.00. The molecule has 1 atom stereocenters. The highest BCUT2D eigenvalue weighted by Crippen LogP contribution is 2.40. The van der Waals surface area contributed by atoms with Gasteiger partial charge in [-0.05, 0) is 68.4 Å². The van der Waals surface area contributed by atoms with Gasteiger partial charge in [0, 0.05) is 15.8 Å². The summed E-state index contributed by atoms with van der Waals surface area (Å²) in [4.78, 5) is 32.8. The van der Waals surface area contributed by atoms with E-state index < -0.39 is 0 Å². The van der Waals surface area contributed by atoms with E-state index in [1.54, 1.807) is 6.92 Å². The third kappa shape index (κ3) is 5.29. The molecule has 0 fully saturated rings. The lowest BCUT2D eigenvalue weighted by Crippen LogP contribution is -2.17. The zero-order chi connectivity index (χ0) is 26.6. The molecular formula is C31H32N2O4S. The van der Waals surface area contributed by atoms with Gasteiger partial charge in [0.15, 0.2) is 0 Å². The molecule has 6 nitrogen and oxygen atoms in total. The minimum absolute atomic E-state index is 0.277. The lowest BCUT2D eigenvalue weighted by Gasteiger charge is -2.18. The molecule has 1 aliphatic carbocycles. The molecule has 1 aliphatic rings. The molecule has 196 valence electrons. The predicted molar refractivity (Wildman–Crippen MR) is 152 cm³/mol. The van der Waals surface area contributed by atoms with Gasteiger partial charge in [0.1, 0.15) is 10.8 Å². The van der Waals surface area contributed by atoms with Crippen molar-refractivity contribution >= 4 is 39.1 Å². The lowest BCUT2D eigenvalue weighted by molar-refractivity contribution is 0.0526. The van der Waals surface area contributed by atoms with Crippen LogP contribution in [-0.2, 0) is 17.6 Å². The molecule has 0 radical (unpaired) electrons. The second-order valence-corrected chi connectivity index (χ2v) is 10.8. The molecule has 2 aromatic heterocycles. The first kappa shape index (κ1) is 25.9. The summed E-state index contributed by atoms with van der Waals surface area (Å²) < 4.78 is 11.2. The van der Waals surface area contributed by atoms with Crippen LogP contribution in [0.2, 0.25) is 0 Å². The third-order valence-corrected chi connectivity index (χ3v) is 7.95. The number of pyridine rings is 1. The molecule has 1 amide bonds. The molecule has 5 rings (SSSR count). The van der Waals surface area contributed by atoms with Gasteiger partial charge in [-0.2, -0.15) is 0 Å². The summed E-state index contributed by atoms with van der Waals surface area (Å²) >= 11 is 1.49. The quantitative estimate of drug-likeness (QED) is 0.243. The monoisotopic (exact) mass is 528 g/mol. The number of benzene rings is 2. The number of carbonyl (C=O) groups excluding carboxylic acids is 2. The molecule has 7 heteroatoms. The Labute approximate surface area is 227 Å². The standard InChI is InChI=1S/C31H32N2O4S/c1-4-15-37-21-10-8-9-20(17-21)26-18-24(22-11-6-7-12-25(22)32-26)29(34)33-30-28(31(35)36-5-2)23-14-13-19(3)16-27(23)38-30/h6-12,17-19H,4-5,13-16H2,1-3H3,(H,33,34)/t19-/m0/s1. The van der Waals surface area contributed by atoms with Gasteiger partial charge >= 0.3 is 5.97 Å². The van der Waals surface area contributed by atoms with Crippen LogP contribution in [0.5, 0.6) is 5.75 Å². The Morgan fingerprint density at radius 1 is 1.11 bits per heavy atom. The first-order valence-corrected chi connectivity index (χ1v) is 14.1. The Morgan fingerprint density at radius 3 is 2.76 bits per heavy atom. The van der Waals surface area contributed by atoms with Gasteiger partial charge in [-0.1, -0.05) is 44.2 Å². The number of para-hydroxylation sites is 1. The first-order chi connectivity index (χ1) is 18.5. The number of thiophene rings is 1. The van der Waals surface area contributed by atoms with Gasteiger partial charge in [0.2, 0.25) is 0 Å². The fourth-order valence-electron chi connectivity index (χ4n) is 4.90. The van der Waals surface area contributed by atoms with Crippen LogP contribution >= 0.6 is 11.3 Å². The largest absolute Gasteiger partial charge is 0.494 e. The average Bonchev–Trinajstić information content (AvgIpc) is 3.28. The maximum atomic E-state index is 13.8. The fourth-order valence-corrected chi connectivity index (χ4v) is 6.30. The van der Waals surface area contributed by atoms with E-state index in [4.69, 9.17) is 14.5 Å². The van der Waals surface area contributed by atoms with Crippen LogP contribution in [0.15, 0.2) is 54.6 Å². The lowest BCUT2D eigenvalue weighted by atomic mass is 9.88. The Bertz CT molecular complexity index is 1490. The maximum absolute atomic E-state index is 13.8. The van der Waals surface area contributed by atoms with Gasteiger partial charge in [-0.15, -0.1) is 11.3 Å². The molecule has 0 saturated carbocycles. The Morgan fingerprint density at radius 2 is 1.95 bits per heavy atom. The zero-order valence-electron chi connectivity index (χ0n) is 22.0. The number of amides is 1. The predicted octanol–water partition coefficient (Wildman–Crippen LogP) is 7.31. The smallest absolute Gasteiger partial charge is 0.341 e. The van der Waals surface area contributed by atoms with Crippen molar-refractivity contribution in [2.24, 2.45) is 5.92 Å². The average molecular weight is 529 g/mol.